The van der Waals surface area contributed by atoms with Gasteiger partial charge in [-0.1, -0.05) is 182 Å². The van der Waals surface area contributed by atoms with Crippen LogP contribution in [0.4, 0.5) is 34.1 Å². The molecule has 0 aromatic heterocycles. The first-order chi connectivity index (χ1) is 28.8. The Labute approximate surface area is 340 Å². The Balaban J connectivity index is 1.02. The van der Waals surface area contributed by atoms with Gasteiger partial charge in [0.1, 0.15) is 0 Å². The van der Waals surface area contributed by atoms with Crippen LogP contribution < -0.4 is 9.80 Å². The molecule has 0 aliphatic carbocycles. The summed E-state index contributed by atoms with van der Waals surface area (Å²) >= 11 is 0. The molecule has 0 atom stereocenters. The summed E-state index contributed by atoms with van der Waals surface area (Å²) in [5, 5.41) is 4.87. The molecule has 0 bridgehead atoms. The summed E-state index contributed by atoms with van der Waals surface area (Å²) in [6.07, 6.45) is 0. The molecule has 10 aromatic rings. The van der Waals surface area contributed by atoms with Crippen molar-refractivity contribution >= 4 is 55.7 Å². The second-order valence-electron chi connectivity index (χ2n) is 14.6. The molecule has 0 spiro atoms. The summed E-state index contributed by atoms with van der Waals surface area (Å²) in [6.45, 7) is 0. The van der Waals surface area contributed by atoms with Crippen molar-refractivity contribution in [1.29, 1.82) is 0 Å². The zero-order chi connectivity index (χ0) is 38.7. The SMILES string of the molecule is c1ccc(-c2cc(N(c3ccccc3)c3cccc4ccccc34)ccc2-c2ccc(-c3ccc(N(c4ccccc4)c4cccc5ccccc45)cc3)cc2)cc1. The average molecular weight is 741 g/mol. The van der Waals surface area contributed by atoms with E-state index in [4.69, 9.17) is 0 Å². The second kappa shape index (κ2) is 15.5. The predicted molar refractivity (Wildman–Crippen MR) is 247 cm³/mol. The van der Waals surface area contributed by atoms with E-state index in [1.165, 1.54) is 54.9 Å². The molecule has 58 heavy (non-hydrogen) atoms. The highest BCUT2D eigenvalue weighted by molar-refractivity contribution is 6.01. The molecule has 0 saturated carbocycles. The van der Waals surface area contributed by atoms with Crippen molar-refractivity contribution in [2.45, 2.75) is 0 Å². The molecule has 0 N–H and O–H groups in total. The number of rotatable bonds is 9. The lowest BCUT2D eigenvalue weighted by Gasteiger charge is -2.28. The zero-order valence-electron chi connectivity index (χ0n) is 32.0. The lowest BCUT2D eigenvalue weighted by atomic mass is 9.92. The van der Waals surface area contributed by atoms with E-state index in [9.17, 15) is 0 Å². The van der Waals surface area contributed by atoms with Crippen molar-refractivity contribution in [2.24, 2.45) is 0 Å². The first-order valence-electron chi connectivity index (χ1n) is 19.8. The van der Waals surface area contributed by atoms with Gasteiger partial charge in [-0.2, -0.15) is 0 Å². The minimum atomic E-state index is 1.11. The lowest BCUT2D eigenvalue weighted by molar-refractivity contribution is 1.30. The van der Waals surface area contributed by atoms with Gasteiger partial charge in [-0.3, -0.25) is 0 Å². The number of anilines is 6. The maximum atomic E-state index is 2.38. The van der Waals surface area contributed by atoms with E-state index in [1.54, 1.807) is 0 Å². The van der Waals surface area contributed by atoms with Crippen molar-refractivity contribution in [3.8, 4) is 33.4 Å². The van der Waals surface area contributed by atoms with Gasteiger partial charge < -0.3 is 9.80 Å². The molecule has 2 nitrogen and oxygen atoms in total. The van der Waals surface area contributed by atoms with Gasteiger partial charge in [-0.25, -0.2) is 0 Å². The largest absolute Gasteiger partial charge is 0.310 e. The van der Waals surface area contributed by atoms with Gasteiger partial charge in [0.15, 0.2) is 0 Å². The highest BCUT2D eigenvalue weighted by Crippen LogP contribution is 2.44. The van der Waals surface area contributed by atoms with Gasteiger partial charge >= 0.3 is 0 Å². The standard InChI is InChI=1S/C56H40N2/c1-4-16-45(17-5-1)54-40-50(58(48-24-8-3-9-25-48)56-29-15-21-44-19-11-13-27-53(44)56)38-39-51(54)46-32-30-41(31-33-46)42-34-36-49(37-35-42)57(47-22-6-2-7-23-47)55-28-14-20-43-18-10-12-26-52(43)55/h1-40H. The average Bonchev–Trinajstić information content (AvgIpc) is 3.31. The fourth-order valence-corrected chi connectivity index (χ4v) is 8.24. The van der Waals surface area contributed by atoms with Crippen LogP contribution in [-0.4, -0.2) is 0 Å². The topological polar surface area (TPSA) is 6.48 Å². The number of nitrogens with zero attached hydrogens (tertiary/aromatic N) is 2. The molecule has 0 unspecified atom stereocenters. The molecule has 0 aliphatic rings. The number of fused-ring (bicyclic) bond motifs is 2. The molecule has 10 rings (SSSR count). The Kier molecular flexibility index (Phi) is 9.27. The van der Waals surface area contributed by atoms with Crippen LogP contribution in [0.3, 0.4) is 0 Å². The van der Waals surface area contributed by atoms with E-state index in [0.29, 0.717) is 0 Å². The molecule has 0 fully saturated rings. The number of hydrogen-bond acceptors (Lipinski definition) is 2. The Morgan fingerprint density at radius 2 is 0.603 bits per heavy atom. The van der Waals surface area contributed by atoms with E-state index in [1.807, 2.05) is 0 Å². The maximum absolute atomic E-state index is 2.38. The molecule has 0 saturated heterocycles. The van der Waals surface area contributed by atoms with Gasteiger partial charge in [0.2, 0.25) is 0 Å². The van der Waals surface area contributed by atoms with Crippen molar-refractivity contribution in [3.63, 3.8) is 0 Å². The Hall–Kier alpha value is -7.68. The van der Waals surface area contributed by atoms with Crippen LogP contribution >= 0.6 is 0 Å². The van der Waals surface area contributed by atoms with Crippen LogP contribution in [0.15, 0.2) is 243 Å². The molecule has 274 valence electrons. The quantitative estimate of drug-likeness (QED) is 0.145. The summed E-state index contributed by atoms with van der Waals surface area (Å²) in [5.41, 5.74) is 13.9. The minimum Gasteiger partial charge on any atom is -0.310 e. The van der Waals surface area contributed by atoms with Gasteiger partial charge in [0.05, 0.1) is 11.4 Å². The Morgan fingerprint density at radius 1 is 0.224 bits per heavy atom. The normalized spacial score (nSPS) is 11.1. The van der Waals surface area contributed by atoms with E-state index in [0.717, 1.165) is 34.1 Å². The van der Waals surface area contributed by atoms with Crippen molar-refractivity contribution < 1.29 is 0 Å². The summed E-state index contributed by atoms with van der Waals surface area (Å²) < 4.78 is 0. The summed E-state index contributed by atoms with van der Waals surface area (Å²) in [5.74, 6) is 0. The fourth-order valence-electron chi connectivity index (χ4n) is 8.24. The van der Waals surface area contributed by atoms with Crippen molar-refractivity contribution in [2.75, 3.05) is 9.80 Å². The van der Waals surface area contributed by atoms with Crippen LogP contribution in [0.2, 0.25) is 0 Å². The van der Waals surface area contributed by atoms with Crippen molar-refractivity contribution in [3.05, 3.63) is 243 Å². The van der Waals surface area contributed by atoms with E-state index in [2.05, 4.69) is 252 Å². The summed E-state index contributed by atoms with van der Waals surface area (Å²) in [4.78, 5) is 4.73. The summed E-state index contributed by atoms with van der Waals surface area (Å²) in [6, 6.07) is 87.2. The van der Waals surface area contributed by atoms with E-state index >= 15 is 0 Å². The second-order valence-corrected chi connectivity index (χ2v) is 14.6. The van der Waals surface area contributed by atoms with Gasteiger partial charge in [0.25, 0.3) is 0 Å². The first-order valence-corrected chi connectivity index (χ1v) is 19.8. The van der Waals surface area contributed by atoms with Gasteiger partial charge in [-0.05, 0) is 105 Å². The lowest BCUT2D eigenvalue weighted by Crippen LogP contribution is -2.10. The van der Waals surface area contributed by atoms with Crippen LogP contribution in [0.25, 0.3) is 54.9 Å². The zero-order valence-corrected chi connectivity index (χ0v) is 32.0. The Bertz CT molecular complexity index is 2960. The van der Waals surface area contributed by atoms with Crippen LogP contribution in [-0.2, 0) is 0 Å². The highest BCUT2D eigenvalue weighted by atomic mass is 15.1. The van der Waals surface area contributed by atoms with Crippen LogP contribution in [0.5, 0.6) is 0 Å². The first kappa shape index (κ1) is 34.8. The number of hydrogen-bond donors (Lipinski definition) is 0. The number of benzene rings is 10. The highest BCUT2D eigenvalue weighted by Gasteiger charge is 2.19. The molecule has 0 radical (unpaired) electrons. The van der Waals surface area contributed by atoms with Gasteiger partial charge in [-0.15, -0.1) is 0 Å². The van der Waals surface area contributed by atoms with E-state index in [-0.39, 0.29) is 0 Å². The van der Waals surface area contributed by atoms with Gasteiger partial charge in [0, 0.05) is 33.5 Å². The number of para-hydroxylation sites is 2. The predicted octanol–water partition coefficient (Wildman–Crippen LogP) is 15.9. The third-order valence-corrected chi connectivity index (χ3v) is 11.0. The molecule has 10 aromatic carbocycles. The molecule has 0 heterocycles. The van der Waals surface area contributed by atoms with Crippen LogP contribution in [0.1, 0.15) is 0 Å². The van der Waals surface area contributed by atoms with Crippen molar-refractivity contribution in [1.82, 2.24) is 0 Å². The third-order valence-electron chi connectivity index (χ3n) is 11.0. The van der Waals surface area contributed by atoms with E-state index < -0.39 is 0 Å². The minimum absolute atomic E-state index is 1.11. The fraction of sp³-hybridized carbons (Fsp3) is 0. The molecule has 2 heteroatoms. The monoisotopic (exact) mass is 740 g/mol. The molecular formula is C56H40N2. The molecular weight excluding hydrogens is 701 g/mol. The van der Waals surface area contributed by atoms with Crippen LogP contribution in [0, 0.1) is 0 Å². The Morgan fingerprint density at radius 3 is 1.16 bits per heavy atom. The third kappa shape index (κ3) is 6.67. The summed E-state index contributed by atoms with van der Waals surface area (Å²) in [7, 11) is 0. The molecule has 0 aliphatic heterocycles. The smallest absolute Gasteiger partial charge is 0.0540 e. The maximum Gasteiger partial charge on any atom is 0.0540 e. The molecule has 0 amide bonds.